The van der Waals surface area contributed by atoms with Gasteiger partial charge in [0.15, 0.2) is 37.9 Å². The Morgan fingerprint density at radius 2 is 1.08 bits per heavy atom. The summed E-state index contributed by atoms with van der Waals surface area (Å²) in [6, 6.07) is 25.8. The van der Waals surface area contributed by atoms with E-state index in [1.165, 1.54) is 78.7 Å². The fraction of sp³-hybridized carbons (Fsp3) is 0.200. The van der Waals surface area contributed by atoms with E-state index < -0.39 is 41.9 Å². The Hall–Kier alpha value is -7.18. The number of nitrogen functional groups attached to an aromatic ring is 2. The van der Waals surface area contributed by atoms with Gasteiger partial charge >= 0.3 is 26.2 Å². The molecule has 4 aromatic carbocycles. The van der Waals surface area contributed by atoms with Crippen molar-refractivity contribution in [2.75, 3.05) is 38.8 Å². The number of aromatic nitrogens is 2. The van der Waals surface area contributed by atoms with E-state index in [1.807, 2.05) is 21.5 Å². The summed E-state index contributed by atoms with van der Waals surface area (Å²) < 4.78 is 86.8. The summed E-state index contributed by atoms with van der Waals surface area (Å²) in [6.45, 7) is 4.81. The highest BCUT2D eigenvalue weighted by atomic mass is 32.2. The number of hydrogen-bond acceptors (Lipinski definition) is 13. The van der Waals surface area contributed by atoms with Gasteiger partial charge in [0.2, 0.25) is 0 Å². The van der Waals surface area contributed by atoms with Crippen LogP contribution in [0.2, 0.25) is 0 Å². The van der Waals surface area contributed by atoms with Gasteiger partial charge in [-0.25, -0.2) is 13.9 Å². The highest BCUT2D eigenvalue weighted by Crippen LogP contribution is 2.30. The number of benzene rings is 4. The van der Waals surface area contributed by atoms with Crippen LogP contribution >= 0.6 is 0 Å². The highest BCUT2D eigenvalue weighted by Gasteiger charge is 2.29. The number of methoxy groups -OCH3 is 1. The zero-order valence-corrected chi connectivity index (χ0v) is 36.6. The minimum absolute atomic E-state index is 0.0229. The fourth-order valence-corrected chi connectivity index (χ4v) is 8.64. The number of hydrogen-bond donors (Lipinski definition) is 2. The lowest BCUT2D eigenvalue weighted by atomic mass is 10.1. The molecule has 0 fully saturated rings. The van der Waals surface area contributed by atoms with Crippen LogP contribution in [0.4, 0.5) is 11.4 Å². The molecule has 0 unspecified atom stereocenters. The third kappa shape index (κ3) is 12.0. The van der Waals surface area contributed by atoms with E-state index in [0.29, 0.717) is 47.1 Å². The number of carbonyl (C=O) groups is 2. The van der Waals surface area contributed by atoms with Crippen LogP contribution in [-0.4, -0.2) is 61.0 Å². The van der Waals surface area contributed by atoms with Crippen molar-refractivity contribution in [3.05, 3.63) is 156 Å². The maximum atomic E-state index is 14.0. The Labute approximate surface area is 366 Å². The van der Waals surface area contributed by atoms with Crippen molar-refractivity contribution >= 4 is 43.5 Å². The lowest BCUT2D eigenvalue weighted by molar-refractivity contribution is -0.697. The summed E-state index contributed by atoms with van der Waals surface area (Å²) in [4.78, 5) is 27.1. The predicted octanol–water partition coefficient (Wildman–Crippen LogP) is 4.80. The molecule has 16 nitrogen and oxygen atoms in total. The number of nitrogens with two attached hydrogens (primary N) is 2. The number of rotatable bonds is 18. The van der Waals surface area contributed by atoms with E-state index in [0.717, 1.165) is 7.11 Å². The molecule has 0 atom stereocenters. The lowest BCUT2D eigenvalue weighted by Gasteiger charge is -2.20. The van der Waals surface area contributed by atoms with Crippen LogP contribution in [0.5, 0.6) is 23.0 Å². The molecule has 1 amide bonds. The first kappa shape index (κ1) is 45.3. The van der Waals surface area contributed by atoms with E-state index in [-0.39, 0.29) is 47.9 Å². The lowest BCUT2D eigenvalue weighted by Crippen LogP contribution is -2.35. The molecule has 6 rings (SSSR count). The van der Waals surface area contributed by atoms with Crippen LogP contribution in [0.15, 0.2) is 138 Å². The molecule has 328 valence electrons. The number of esters is 1. The molecule has 4 N–H and O–H groups in total. The molecule has 0 aliphatic rings. The normalized spacial score (nSPS) is 11.4. The van der Waals surface area contributed by atoms with Gasteiger partial charge in [-0.15, -0.1) is 0 Å². The first-order valence-electron chi connectivity index (χ1n) is 19.4. The van der Waals surface area contributed by atoms with Crippen molar-refractivity contribution in [2.24, 2.45) is 0 Å². The molecular formula is C45H47N5O11S2+2. The van der Waals surface area contributed by atoms with Crippen molar-refractivity contribution in [3.8, 4) is 23.0 Å². The summed E-state index contributed by atoms with van der Waals surface area (Å²) in [5.74, 6) is -1.02. The first-order chi connectivity index (χ1) is 30.0. The topological polar surface area (TPSA) is 212 Å². The SMILES string of the molecule is COC(=O)c1ccc(CN(C)C(=O)c2ccccc2S(=O)(=O)Oc2cc(C)cc(OCC[n+]3ccc(N)cc3)c2)cc1S(=O)(=O)Oc1cc(C)cc(OCC[n+]2ccc(N)cc2)c1. The molecule has 0 aliphatic carbocycles. The van der Waals surface area contributed by atoms with Gasteiger partial charge < -0.3 is 38.9 Å². The van der Waals surface area contributed by atoms with Crippen LogP contribution in [0, 0.1) is 13.8 Å². The molecule has 2 heterocycles. The van der Waals surface area contributed by atoms with Gasteiger partial charge in [0.1, 0.15) is 46.0 Å². The van der Waals surface area contributed by atoms with Crippen LogP contribution in [-0.2, 0) is 44.6 Å². The second-order valence-electron chi connectivity index (χ2n) is 14.5. The van der Waals surface area contributed by atoms with Crippen LogP contribution in [0.1, 0.15) is 37.4 Å². The minimum atomic E-state index is -4.70. The highest BCUT2D eigenvalue weighted by molar-refractivity contribution is 7.87. The van der Waals surface area contributed by atoms with Gasteiger partial charge in [-0.05, 0) is 79.1 Å². The van der Waals surface area contributed by atoms with Gasteiger partial charge in [0.05, 0.1) is 18.2 Å². The van der Waals surface area contributed by atoms with E-state index in [2.05, 4.69) is 0 Å². The number of pyridine rings is 2. The standard InChI is InChI=1S/C45H45N5O11S2/c1-31-23-36(58-21-19-49-15-11-34(46)12-16-49)28-38(25-31)60-62(53,54)42-8-6-5-7-40(42)44(51)48(3)30-33-9-10-41(45(52)57-4)43(27-33)63(55,56)61-39-26-32(2)24-37(29-39)59-22-20-50-17-13-35(47)14-18-50/h5-18,23-29,46-47H,19-22,30H2,1-4H3/p+2. The van der Waals surface area contributed by atoms with Crippen LogP contribution in [0.3, 0.4) is 0 Å². The van der Waals surface area contributed by atoms with Gasteiger partial charge in [0, 0.05) is 61.4 Å². The van der Waals surface area contributed by atoms with Crippen molar-refractivity contribution in [1.82, 2.24) is 4.90 Å². The second-order valence-corrected chi connectivity index (χ2v) is 17.5. The van der Waals surface area contributed by atoms with Crippen molar-refractivity contribution in [2.45, 2.75) is 43.3 Å². The summed E-state index contributed by atoms with van der Waals surface area (Å²) in [7, 11) is -6.75. The van der Waals surface area contributed by atoms with E-state index in [1.54, 1.807) is 62.6 Å². The Balaban J connectivity index is 1.17. The second kappa shape index (κ2) is 19.7. The quantitative estimate of drug-likeness (QED) is 0.0676. The average Bonchev–Trinajstić information content (AvgIpc) is 3.24. The molecule has 18 heteroatoms. The van der Waals surface area contributed by atoms with Gasteiger partial charge in [-0.2, -0.15) is 16.8 Å². The molecule has 0 saturated carbocycles. The number of ether oxygens (including phenoxy) is 3. The number of anilines is 2. The Kier molecular flexibility index (Phi) is 14.2. The maximum Gasteiger partial charge on any atom is 0.340 e. The van der Waals surface area contributed by atoms with E-state index >= 15 is 0 Å². The number of amides is 1. The van der Waals surface area contributed by atoms with Gasteiger partial charge in [-0.1, -0.05) is 18.2 Å². The van der Waals surface area contributed by atoms with Gasteiger partial charge in [0.25, 0.3) is 5.91 Å². The first-order valence-corrected chi connectivity index (χ1v) is 22.2. The Morgan fingerprint density at radius 3 is 1.59 bits per heavy atom. The molecule has 63 heavy (non-hydrogen) atoms. The maximum absolute atomic E-state index is 14.0. The number of carbonyl (C=O) groups excluding carboxylic acids is 2. The zero-order chi connectivity index (χ0) is 45.3. The molecule has 0 aliphatic heterocycles. The molecule has 0 radical (unpaired) electrons. The predicted molar refractivity (Wildman–Crippen MR) is 231 cm³/mol. The monoisotopic (exact) mass is 897 g/mol. The van der Waals surface area contributed by atoms with Crippen LogP contribution < -0.4 is 38.4 Å². The summed E-state index contributed by atoms with van der Waals surface area (Å²) in [6.07, 6.45) is 7.24. The molecule has 0 saturated heterocycles. The van der Waals surface area contributed by atoms with E-state index in [9.17, 15) is 26.4 Å². The number of nitrogens with zero attached hydrogens (tertiary/aromatic N) is 3. The smallest absolute Gasteiger partial charge is 0.340 e. The summed E-state index contributed by atoms with van der Waals surface area (Å²) >= 11 is 0. The Morgan fingerprint density at radius 1 is 0.603 bits per heavy atom. The molecule has 2 aromatic heterocycles. The fourth-order valence-electron chi connectivity index (χ4n) is 6.37. The van der Waals surface area contributed by atoms with Crippen LogP contribution in [0.25, 0.3) is 0 Å². The molecular weight excluding hydrogens is 851 g/mol. The Bertz CT molecular complexity index is 2840. The third-order valence-electron chi connectivity index (χ3n) is 9.40. The largest absolute Gasteiger partial charge is 0.487 e. The minimum Gasteiger partial charge on any atom is -0.487 e. The third-order valence-corrected chi connectivity index (χ3v) is 12.0. The zero-order valence-electron chi connectivity index (χ0n) is 35.0. The summed E-state index contributed by atoms with van der Waals surface area (Å²) in [5.41, 5.74) is 13.9. The van der Waals surface area contributed by atoms with Crippen molar-refractivity contribution in [3.63, 3.8) is 0 Å². The summed E-state index contributed by atoms with van der Waals surface area (Å²) in [5, 5.41) is 0. The molecule has 0 spiro atoms. The van der Waals surface area contributed by atoms with Crippen molar-refractivity contribution < 1.29 is 58.1 Å². The van der Waals surface area contributed by atoms with Gasteiger partial charge in [-0.3, -0.25) is 4.79 Å². The molecule has 0 bridgehead atoms. The van der Waals surface area contributed by atoms with E-state index in [4.69, 9.17) is 34.0 Å². The molecule has 6 aromatic rings. The number of aryl methyl sites for hydroxylation is 2. The average molecular weight is 898 g/mol. The van der Waals surface area contributed by atoms with Crippen molar-refractivity contribution in [1.29, 1.82) is 0 Å².